The molecule has 0 saturated carbocycles. The van der Waals surface area contributed by atoms with E-state index in [1.54, 1.807) is 19.1 Å². The van der Waals surface area contributed by atoms with E-state index in [1.807, 2.05) is 19.1 Å². The molecule has 0 spiro atoms. The maximum Gasteiger partial charge on any atom is 0.258 e. The van der Waals surface area contributed by atoms with Crippen molar-refractivity contribution in [2.75, 3.05) is 13.2 Å². The fourth-order valence-electron chi connectivity index (χ4n) is 1.43. The minimum absolute atomic E-state index is 0.0257. The van der Waals surface area contributed by atoms with Gasteiger partial charge in [0.15, 0.2) is 6.61 Å². The first kappa shape index (κ1) is 14.0. The number of aliphatic hydroxyl groups is 1. The fourth-order valence-corrected chi connectivity index (χ4v) is 1.43. The highest BCUT2D eigenvalue weighted by Gasteiger charge is 2.07. The molecule has 0 aromatic heterocycles. The Bertz CT molecular complexity index is 464. The molecule has 5 heteroatoms. The Morgan fingerprint density at radius 3 is 2.89 bits per heavy atom. The van der Waals surface area contributed by atoms with Crippen molar-refractivity contribution >= 4 is 5.91 Å². The zero-order valence-electron chi connectivity index (χ0n) is 10.4. The molecule has 1 unspecified atom stereocenters. The number of amides is 1. The molecule has 1 aromatic carbocycles. The van der Waals surface area contributed by atoms with Gasteiger partial charge >= 0.3 is 0 Å². The molecule has 0 radical (unpaired) electrons. The first-order chi connectivity index (χ1) is 8.54. The van der Waals surface area contributed by atoms with Crippen molar-refractivity contribution in [2.24, 2.45) is 0 Å². The zero-order valence-corrected chi connectivity index (χ0v) is 10.4. The summed E-state index contributed by atoms with van der Waals surface area (Å²) in [7, 11) is 0. The molecule has 0 heterocycles. The normalized spacial score (nSPS) is 11.4. The number of nitrogens with one attached hydrogen (secondary N) is 1. The van der Waals surface area contributed by atoms with E-state index < -0.39 is 6.10 Å². The predicted molar refractivity (Wildman–Crippen MR) is 65.9 cm³/mol. The van der Waals surface area contributed by atoms with Crippen molar-refractivity contribution in [3.8, 4) is 11.8 Å². The Morgan fingerprint density at radius 1 is 1.61 bits per heavy atom. The highest BCUT2D eigenvalue weighted by Crippen LogP contribution is 2.22. The molecule has 2 N–H and O–H groups in total. The molecule has 0 aliphatic heterocycles. The SMILES string of the molecule is Cc1cc(C(C)O)ccc1OCC(=O)NCC#N. The van der Waals surface area contributed by atoms with E-state index >= 15 is 0 Å². The van der Waals surface area contributed by atoms with Gasteiger partial charge in [-0.1, -0.05) is 6.07 Å². The third-order valence-electron chi connectivity index (χ3n) is 2.40. The third-order valence-corrected chi connectivity index (χ3v) is 2.40. The lowest BCUT2D eigenvalue weighted by Crippen LogP contribution is -2.29. The first-order valence-electron chi connectivity index (χ1n) is 5.59. The third kappa shape index (κ3) is 4.07. The number of nitriles is 1. The lowest BCUT2D eigenvalue weighted by molar-refractivity contribution is -0.122. The molecular weight excluding hydrogens is 232 g/mol. The van der Waals surface area contributed by atoms with E-state index in [4.69, 9.17) is 10.00 Å². The van der Waals surface area contributed by atoms with Gasteiger partial charge in [-0.25, -0.2) is 0 Å². The highest BCUT2D eigenvalue weighted by atomic mass is 16.5. The Kier molecular flexibility index (Phi) is 5.15. The summed E-state index contributed by atoms with van der Waals surface area (Å²) in [6.45, 7) is 3.37. The average Bonchev–Trinajstić information content (AvgIpc) is 2.34. The van der Waals surface area contributed by atoms with Gasteiger partial charge in [0.05, 0.1) is 12.2 Å². The van der Waals surface area contributed by atoms with Crippen LogP contribution in [0, 0.1) is 18.3 Å². The molecule has 0 saturated heterocycles. The number of nitrogens with zero attached hydrogens (tertiary/aromatic N) is 1. The van der Waals surface area contributed by atoms with Crippen LogP contribution in [0.2, 0.25) is 0 Å². The monoisotopic (exact) mass is 248 g/mol. The van der Waals surface area contributed by atoms with Crippen molar-refractivity contribution < 1.29 is 14.6 Å². The van der Waals surface area contributed by atoms with Crippen LogP contribution in [0.4, 0.5) is 0 Å². The summed E-state index contributed by atoms with van der Waals surface area (Å²) in [5.74, 6) is 0.252. The van der Waals surface area contributed by atoms with Gasteiger partial charge in [0.2, 0.25) is 0 Å². The number of aliphatic hydroxyl groups excluding tert-OH is 1. The molecule has 96 valence electrons. The lowest BCUT2D eigenvalue weighted by Gasteiger charge is -2.11. The molecular formula is C13H16N2O3. The Balaban J connectivity index is 2.58. The number of carbonyl (C=O) groups is 1. The van der Waals surface area contributed by atoms with Crippen molar-refractivity contribution in [2.45, 2.75) is 20.0 Å². The number of aryl methyl sites for hydroxylation is 1. The number of ether oxygens (including phenoxy) is 1. The van der Waals surface area contributed by atoms with Gasteiger partial charge in [-0.15, -0.1) is 0 Å². The van der Waals surface area contributed by atoms with E-state index in [9.17, 15) is 9.90 Å². The van der Waals surface area contributed by atoms with Crippen LogP contribution in [0.1, 0.15) is 24.2 Å². The average molecular weight is 248 g/mol. The van der Waals surface area contributed by atoms with E-state index in [1.165, 1.54) is 0 Å². The fraction of sp³-hybridized carbons (Fsp3) is 0.385. The number of rotatable bonds is 5. The van der Waals surface area contributed by atoms with Crippen LogP contribution in [0.3, 0.4) is 0 Å². The summed E-state index contributed by atoms with van der Waals surface area (Å²) in [4.78, 5) is 11.2. The van der Waals surface area contributed by atoms with Gasteiger partial charge in [0, 0.05) is 0 Å². The molecule has 1 rings (SSSR count). The van der Waals surface area contributed by atoms with Crippen molar-refractivity contribution in [1.82, 2.24) is 5.32 Å². The lowest BCUT2D eigenvalue weighted by atomic mass is 10.1. The van der Waals surface area contributed by atoms with Crippen molar-refractivity contribution in [1.29, 1.82) is 5.26 Å². The van der Waals surface area contributed by atoms with Crippen LogP contribution in [0.5, 0.6) is 5.75 Å². The highest BCUT2D eigenvalue weighted by molar-refractivity contribution is 5.77. The molecule has 0 bridgehead atoms. The molecule has 1 atom stereocenters. The Labute approximate surface area is 106 Å². The van der Waals surface area contributed by atoms with E-state index in [0.717, 1.165) is 11.1 Å². The molecule has 0 aliphatic rings. The standard InChI is InChI=1S/C13H16N2O3/c1-9-7-11(10(2)16)3-4-12(9)18-8-13(17)15-6-5-14/h3-4,7,10,16H,6,8H2,1-2H3,(H,15,17). The maximum atomic E-state index is 11.2. The van der Waals surface area contributed by atoms with Crippen LogP contribution < -0.4 is 10.1 Å². The molecule has 5 nitrogen and oxygen atoms in total. The van der Waals surface area contributed by atoms with E-state index in [2.05, 4.69) is 5.32 Å². The smallest absolute Gasteiger partial charge is 0.258 e. The summed E-state index contributed by atoms with van der Waals surface area (Å²) in [6.07, 6.45) is -0.531. The summed E-state index contributed by atoms with van der Waals surface area (Å²) in [6, 6.07) is 7.09. The quantitative estimate of drug-likeness (QED) is 0.763. The minimum Gasteiger partial charge on any atom is -0.484 e. The van der Waals surface area contributed by atoms with Crippen LogP contribution >= 0.6 is 0 Å². The van der Waals surface area contributed by atoms with E-state index in [0.29, 0.717) is 5.75 Å². The summed E-state index contributed by atoms with van der Waals surface area (Å²) >= 11 is 0. The summed E-state index contributed by atoms with van der Waals surface area (Å²) < 4.78 is 5.33. The van der Waals surface area contributed by atoms with Crippen LogP contribution in [-0.2, 0) is 4.79 Å². The summed E-state index contributed by atoms with van der Waals surface area (Å²) in [5.41, 5.74) is 1.65. The van der Waals surface area contributed by atoms with Crippen molar-refractivity contribution in [3.05, 3.63) is 29.3 Å². The van der Waals surface area contributed by atoms with Gasteiger partial charge in [-0.2, -0.15) is 5.26 Å². The van der Waals surface area contributed by atoms with E-state index in [-0.39, 0.29) is 19.1 Å². The Morgan fingerprint density at radius 2 is 2.33 bits per heavy atom. The van der Waals surface area contributed by atoms with Crippen LogP contribution in [-0.4, -0.2) is 24.2 Å². The molecule has 1 aromatic rings. The molecule has 0 aliphatic carbocycles. The largest absolute Gasteiger partial charge is 0.484 e. The second-order valence-corrected chi connectivity index (χ2v) is 3.92. The second-order valence-electron chi connectivity index (χ2n) is 3.92. The Hall–Kier alpha value is -2.06. The topological polar surface area (TPSA) is 82.3 Å². The van der Waals surface area contributed by atoms with Gasteiger partial charge in [0.25, 0.3) is 5.91 Å². The van der Waals surface area contributed by atoms with Crippen molar-refractivity contribution in [3.63, 3.8) is 0 Å². The minimum atomic E-state index is -0.531. The predicted octanol–water partition coefficient (Wildman–Crippen LogP) is 1.07. The zero-order chi connectivity index (χ0) is 13.5. The molecule has 18 heavy (non-hydrogen) atoms. The van der Waals surface area contributed by atoms with Gasteiger partial charge < -0.3 is 15.2 Å². The maximum absolute atomic E-state index is 11.2. The number of carbonyl (C=O) groups excluding carboxylic acids is 1. The number of hydrogen-bond acceptors (Lipinski definition) is 4. The van der Waals surface area contributed by atoms with Crippen LogP contribution in [0.15, 0.2) is 18.2 Å². The summed E-state index contributed by atoms with van der Waals surface area (Å²) in [5, 5.41) is 20.1. The second kappa shape index (κ2) is 6.62. The number of benzene rings is 1. The van der Waals surface area contributed by atoms with Gasteiger partial charge in [-0.3, -0.25) is 4.79 Å². The molecule has 1 amide bonds. The number of hydrogen-bond donors (Lipinski definition) is 2. The first-order valence-corrected chi connectivity index (χ1v) is 5.59. The van der Waals surface area contributed by atoms with Gasteiger partial charge in [-0.05, 0) is 37.1 Å². The van der Waals surface area contributed by atoms with Gasteiger partial charge in [0.1, 0.15) is 12.3 Å². The van der Waals surface area contributed by atoms with Crippen LogP contribution in [0.25, 0.3) is 0 Å². The molecule has 0 fully saturated rings.